The quantitative estimate of drug-likeness (QED) is 0.223. The second-order valence-electron chi connectivity index (χ2n) is 6.38. The number of para-hydroxylation sites is 1. The maximum atomic E-state index is 12.9. The van der Waals surface area contributed by atoms with Crippen molar-refractivity contribution in [2.24, 2.45) is 4.99 Å². The van der Waals surface area contributed by atoms with Gasteiger partial charge in [0.2, 0.25) is 0 Å². The number of aromatic nitrogens is 1. The van der Waals surface area contributed by atoms with Gasteiger partial charge in [0.15, 0.2) is 23.2 Å². The summed E-state index contributed by atoms with van der Waals surface area (Å²) in [6, 6.07) is 16.5. The minimum atomic E-state index is -2.95. The van der Waals surface area contributed by atoms with E-state index in [0.717, 1.165) is 5.56 Å². The molecule has 0 saturated carbocycles. The van der Waals surface area contributed by atoms with Gasteiger partial charge >= 0.3 is 6.61 Å². The van der Waals surface area contributed by atoms with E-state index in [1.807, 2.05) is 36.4 Å². The van der Waals surface area contributed by atoms with Crippen LogP contribution < -0.4 is 20.1 Å². The van der Waals surface area contributed by atoms with Gasteiger partial charge in [-0.15, -0.1) is 24.0 Å². The van der Waals surface area contributed by atoms with Crippen LogP contribution in [0.1, 0.15) is 18.2 Å². The minimum absolute atomic E-state index is 0. The molecule has 172 valence electrons. The second kappa shape index (κ2) is 12.8. The molecule has 7 nitrogen and oxygen atoms in total. The molecule has 0 aliphatic heterocycles. The van der Waals surface area contributed by atoms with Gasteiger partial charge in [-0.3, -0.25) is 4.99 Å². The lowest BCUT2D eigenvalue weighted by molar-refractivity contribution is -0.0520. The number of hydrogen-bond acceptors (Lipinski definition) is 5. The van der Waals surface area contributed by atoms with Crippen molar-refractivity contribution in [1.82, 2.24) is 15.8 Å². The largest absolute Gasteiger partial charge is 0.490 e. The lowest BCUT2D eigenvalue weighted by atomic mass is 10.1. The van der Waals surface area contributed by atoms with E-state index in [1.165, 1.54) is 0 Å². The molecular formula is C22H25F2IN4O3. The maximum absolute atomic E-state index is 12.9. The summed E-state index contributed by atoms with van der Waals surface area (Å²) in [5.41, 5.74) is 2.15. The number of rotatable bonds is 9. The van der Waals surface area contributed by atoms with Crippen LogP contribution in [-0.4, -0.2) is 31.4 Å². The molecule has 3 aromatic rings. The number of halogens is 3. The Hall–Kier alpha value is -2.89. The second-order valence-corrected chi connectivity index (χ2v) is 6.38. The SMILES string of the molecule is CCOc1cccc(CNC(=NC)NCc2cc(-c3ccccc3)on2)c1OC(F)F.I. The molecule has 1 aromatic heterocycles. The van der Waals surface area contributed by atoms with Crippen molar-refractivity contribution in [2.75, 3.05) is 13.7 Å². The molecule has 0 aliphatic carbocycles. The highest BCUT2D eigenvalue weighted by molar-refractivity contribution is 14.0. The Labute approximate surface area is 202 Å². The number of guanidine groups is 1. The van der Waals surface area contributed by atoms with Crippen LogP contribution in [0.2, 0.25) is 0 Å². The first-order valence-electron chi connectivity index (χ1n) is 9.75. The highest BCUT2D eigenvalue weighted by atomic mass is 127. The molecule has 0 atom stereocenters. The van der Waals surface area contributed by atoms with Gasteiger partial charge in [-0.1, -0.05) is 47.6 Å². The van der Waals surface area contributed by atoms with Crippen molar-refractivity contribution in [3.8, 4) is 22.8 Å². The summed E-state index contributed by atoms with van der Waals surface area (Å²) in [6.07, 6.45) is 0. The monoisotopic (exact) mass is 558 g/mol. The van der Waals surface area contributed by atoms with Crippen molar-refractivity contribution in [3.63, 3.8) is 0 Å². The van der Waals surface area contributed by atoms with E-state index in [0.29, 0.717) is 36.1 Å². The van der Waals surface area contributed by atoms with Crippen LogP contribution in [0.25, 0.3) is 11.3 Å². The summed E-state index contributed by atoms with van der Waals surface area (Å²) in [6.45, 7) is -0.270. The number of nitrogens with zero attached hydrogens (tertiary/aromatic N) is 2. The Kier molecular flexibility index (Phi) is 10.2. The zero-order valence-electron chi connectivity index (χ0n) is 17.7. The zero-order valence-corrected chi connectivity index (χ0v) is 20.0. The third kappa shape index (κ3) is 7.08. The molecule has 0 spiro atoms. The summed E-state index contributed by atoms with van der Waals surface area (Å²) in [7, 11) is 1.61. The maximum Gasteiger partial charge on any atom is 0.387 e. The first-order valence-corrected chi connectivity index (χ1v) is 9.75. The van der Waals surface area contributed by atoms with Gasteiger partial charge < -0.3 is 24.6 Å². The van der Waals surface area contributed by atoms with Crippen LogP contribution in [0.4, 0.5) is 8.78 Å². The lowest BCUT2D eigenvalue weighted by Crippen LogP contribution is -2.36. The van der Waals surface area contributed by atoms with Crippen LogP contribution in [-0.2, 0) is 13.1 Å². The van der Waals surface area contributed by atoms with Gasteiger partial charge in [0, 0.05) is 30.8 Å². The molecule has 2 aromatic carbocycles. The molecule has 1 heterocycles. The Bertz CT molecular complexity index is 1000. The van der Waals surface area contributed by atoms with Crippen LogP contribution >= 0.6 is 24.0 Å². The number of nitrogens with one attached hydrogen (secondary N) is 2. The van der Waals surface area contributed by atoms with Gasteiger partial charge in [-0.2, -0.15) is 8.78 Å². The number of hydrogen-bond donors (Lipinski definition) is 2. The fraction of sp³-hybridized carbons (Fsp3) is 0.273. The highest BCUT2D eigenvalue weighted by Crippen LogP contribution is 2.32. The van der Waals surface area contributed by atoms with Crippen LogP contribution in [0.15, 0.2) is 64.1 Å². The van der Waals surface area contributed by atoms with E-state index in [9.17, 15) is 8.78 Å². The topological polar surface area (TPSA) is 80.9 Å². The first-order chi connectivity index (χ1) is 15.1. The molecular weight excluding hydrogens is 533 g/mol. The average molecular weight is 558 g/mol. The molecule has 3 rings (SSSR count). The molecule has 0 amide bonds. The van der Waals surface area contributed by atoms with Crippen LogP contribution in [0, 0.1) is 0 Å². The van der Waals surface area contributed by atoms with Crippen LogP contribution in [0.5, 0.6) is 11.5 Å². The van der Waals surface area contributed by atoms with Gasteiger partial charge in [-0.25, -0.2) is 0 Å². The Morgan fingerprint density at radius 2 is 1.84 bits per heavy atom. The molecule has 0 radical (unpaired) electrons. The van der Waals surface area contributed by atoms with E-state index in [4.69, 9.17) is 9.26 Å². The summed E-state index contributed by atoms with van der Waals surface area (Å²) in [5.74, 6) is 1.41. The number of ether oxygens (including phenoxy) is 2. The summed E-state index contributed by atoms with van der Waals surface area (Å²) in [4.78, 5) is 4.15. The smallest absolute Gasteiger partial charge is 0.387 e. The van der Waals surface area contributed by atoms with Gasteiger partial charge in [0.1, 0.15) is 5.69 Å². The van der Waals surface area contributed by atoms with E-state index in [2.05, 4.69) is 25.5 Å². The summed E-state index contributed by atoms with van der Waals surface area (Å²) >= 11 is 0. The van der Waals surface area contributed by atoms with E-state index in [-0.39, 0.29) is 42.0 Å². The van der Waals surface area contributed by atoms with Gasteiger partial charge in [0.05, 0.1) is 13.2 Å². The Morgan fingerprint density at radius 1 is 1.09 bits per heavy atom. The zero-order chi connectivity index (χ0) is 22.1. The normalized spacial score (nSPS) is 11.1. The van der Waals surface area contributed by atoms with Crippen molar-refractivity contribution < 1.29 is 22.8 Å². The first kappa shape index (κ1) is 25.4. The molecule has 0 unspecified atom stereocenters. The number of alkyl halides is 2. The Balaban J connectivity index is 0.00000363. The van der Waals surface area contributed by atoms with Crippen molar-refractivity contribution in [3.05, 3.63) is 65.9 Å². The fourth-order valence-electron chi connectivity index (χ4n) is 2.90. The summed E-state index contributed by atoms with van der Waals surface area (Å²) < 4.78 is 41.2. The molecule has 0 saturated heterocycles. The number of benzene rings is 2. The minimum Gasteiger partial charge on any atom is -0.490 e. The van der Waals surface area contributed by atoms with Crippen molar-refractivity contribution in [1.29, 1.82) is 0 Å². The molecule has 0 fully saturated rings. The van der Waals surface area contributed by atoms with Crippen LogP contribution in [0.3, 0.4) is 0 Å². The Morgan fingerprint density at radius 3 is 2.53 bits per heavy atom. The number of aliphatic imine (C=N–C) groups is 1. The molecule has 0 aliphatic rings. The van der Waals surface area contributed by atoms with E-state index >= 15 is 0 Å². The summed E-state index contributed by atoms with van der Waals surface area (Å²) in [5, 5.41) is 10.3. The average Bonchev–Trinajstić information content (AvgIpc) is 3.25. The third-order valence-corrected chi connectivity index (χ3v) is 4.29. The van der Waals surface area contributed by atoms with E-state index < -0.39 is 6.61 Å². The highest BCUT2D eigenvalue weighted by Gasteiger charge is 2.16. The predicted octanol–water partition coefficient (Wildman–Crippen LogP) is 4.82. The van der Waals surface area contributed by atoms with Gasteiger partial charge in [-0.05, 0) is 13.0 Å². The lowest BCUT2D eigenvalue weighted by Gasteiger charge is -2.17. The fourth-order valence-corrected chi connectivity index (χ4v) is 2.90. The molecule has 2 N–H and O–H groups in total. The predicted molar refractivity (Wildman–Crippen MR) is 129 cm³/mol. The van der Waals surface area contributed by atoms with Gasteiger partial charge in [0.25, 0.3) is 0 Å². The molecule has 32 heavy (non-hydrogen) atoms. The van der Waals surface area contributed by atoms with Crippen molar-refractivity contribution >= 4 is 29.9 Å². The molecule has 10 heteroatoms. The molecule has 0 bridgehead atoms. The van der Waals surface area contributed by atoms with Crippen molar-refractivity contribution in [2.45, 2.75) is 26.6 Å². The standard InChI is InChI=1S/C22H24F2N4O3.HI/c1-3-29-18-11-7-10-16(20(18)30-21(23)24)13-26-22(25-2)27-14-17-12-19(31-28-17)15-8-5-4-6-9-15;/h4-12,21H,3,13-14H2,1-2H3,(H2,25,26,27);1H. The third-order valence-electron chi connectivity index (χ3n) is 4.29. The van der Waals surface area contributed by atoms with E-state index in [1.54, 1.807) is 32.2 Å².